The summed E-state index contributed by atoms with van der Waals surface area (Å²) in [4.78, 5) is 30.0. The number of para-hydroxylation sites is 1. The highest BCUT2D eigenvalue weighted by atomic mass is 32.1. The molecule has 26 heavy (non-hydrogen) atoms. The minimum Gasteiger partial charge on any atom is -0.355 e. The largest absolute Gasteiger partial charge is 0.355 e. The van der Waals surface area contributed by atoms with Gasteiger partial charge in [-0.2, -0.15) is 0 Å². The molecule has 1 aromatic carbocycles. The standard InChI is InChI=1S/C19H26N4O2S/c1-2-10-20-17(24)12-21-18(25)13-23-11-6-5-8-15(23)19-22-14-7-3-4-9-16(14)26-19/h3-4,7,9,15H,2,5-6,8,10-13H2,1H3,(H,20,24)(H,21,25)/p+1/t15-/m1/s1. The van der Waals surface area contributed by atoms with Crippen molar-refractivity contribution in [2.75, 3.05) is 26.2 Å². The normalized spacial score (nSPS) is 20.0. The molecular formula is C19H27N4O2S+. The van der Waals surface area contributed by atoms with Crippen LogP contribution < -0.4 is 15.5 Å². The molecule has 3 rings (SSSR count). The second-order valence-electron chi connectivity index (χ2n) is 6.78. The van der Waals surface area contributed by atoms with Crippen LogP contribution >= 0.6 is 11.3 Å². The van der Waals surface area contributed by atoms with Crippen LogP contribution in [-0.2, 0) is 9.59 Å². The average Bonchev–Trinajstić information content (AvgIpc) is 3.09. The van der Waals surface area contributed by atoms with Crippen molar-refractivity contribution < 1.29 is 14.5 Å². The van der Waals surface area contributed by atoms with Gasteiger partial charge < -0.3 is 15.5 Å². The highest BCUT2D eigenvalue weighted by Crippen LogP contribution is 2.28. The summed E-state index contributed by atoms with van der Waals surface area (Å²) >= 11 is 1.73. The summed E-state index contributed by atoms with van der Waals surface area (Å²) in [5, 5.41) is 6.64. The molecule has 0 saturated carbocycles. The zero-order chi connectivity index (χ0) is 18.4. The van der Waals surface area contributed by atoms with Crippen molar-refractivity contribution in [2.24, 2.45) is 0 Å². The second kappa shape index (κ2) is 9.09. The van der Waals surface area contributed by atoms with Gasteiger partial charge in [0.15, 0.2) is 11.6 Å². The Morgan fingerprint density at radius 3 is 2.88 bits per heavy atom. The Morgan fingerprint density at radius 1 is 1.23 bits per heavy atom. The Balaban J connectivity index is 1.60. The molecule has 0 aliphatic carbocycles. The van der Waals surface area contributed by atoms with Gasteiger partial charge in [0.2, 0.25) is 5.91 Å². The number of nitrogens with zero attached hydrogens (tertiary/aromatic N) is 1. The smallest absolute Gasteiger partial charge is 0.275 e. The lowest BCUT2D eigenvalue weighted by Crippen LogP contribution is -3.14. The van der Waals surface area contributed by atoms with Crippen LogP contribution in [0.1, 0.15) is 43.7 Å². The predicted molar refractivity (Wildman–Crippen MR) is 103 cm³/mol. The van der Waals surface area contributed by atoms with Gasteiger partial charge in [-0.15, -0.1) is 11.3 Å². The van der Waals surface area contributed by atoms with Gasteiger partial charge in [0.05, 0.1) is 23.3 Å². The van der Waals surface area contributed by atoms with E-state index in [1.54, 1.807) is 11.3 Å². The van der Waals surface area contributed by atoms with Crippen LogP contribution in [-0.4, -0.2) is 43.0 Å². The molecule has 1 unspecified atom stereocenters. The van der Waals surface area contributed by atoms with Gasteiger partial charge in [-0.05, 0) is 31.4 Å². The number of amides is 2. The van der Waals surface area contributed by atoms with Gasteiger partial charge in [-0.3, -0.25) is 9.59 Å². The second-order valence-corrected chi connectivity index (χ2v) is 7.84. The molecule has 1 saturated heterocycles. The van der Waals surface area contributed by atoms with Crippen molar-refractivity contribution in [3.63, 3.8) is 0 Å². The molecular weight excluding hydrogens is 348 g/mol. The van der Waals surface area contributed by atoms with E-state index in [0.717, 1.165) is 36.3 Å². The van der Waals surface area contributed by atoms with Gasteiger partial charge in [-0.1, -0.05) is 19.1 Å². The van der Waals surface area contributed by atoms with Gasteiger partial charge in [0, 0.05) is 13.0 Å². The van der Waals surface area contributed by atoms with Crippen molar-refractivity contribution in [3.05, 3.63) is 29.3 Å². The number of likely N-dealkylation sites (tertiary alicyclic amines) is 1. The molecule has 140 valence electrons. The van der Waals surface area contributed by atoms with Crippen molar-refractivity contribution in [1.29, 1.82) is 0 Å². The Hall–Kier alpha value is -1.99. The van der Waals surface area contributed by atoms with Crippen LogP contribution in [0.5, 0.6) is 0 Å². The number of piperidine rings is 1. The summed E-state index contributed by atoms with van der Waals surface area (Å²) in [5.74, 6) is -0.198. The molecule has 6 nitrogen and oxygen atoms in total. The minimum absolute atomic E-state index is 0.0535. The molecule has 2 heterocycles. The number of aromatic nitrogens is 1. The molecule has 0 bridgehead atoms. The molecule has 2 amide bonds. The number of fused-ring (bicyclic) bond motifs is 1. The first-order chi connectivity index (χ1) is 12.7. The third-order valence-corrected chi connectivity index (χ3v) is 5.90. The topological polar surface area (TPSA) is 75.5 Å². The van der Waals surface area contributed by atoms with Gasteiger partial charge >= 0.3 is 0 Å². The Labute approximate surface area is 158 Å². The summed E-state index contributed by atoms with van der Waals surface area (Å²) in [7, 11) is 0. The molecule has 2 atom stereocenters. The number of thiazole rings is 1. The van der Waals surface area contributed by atoms with Crippen LogP contribution in [0.4, 0.5) is 0 Å². The molecule has 1 aliphatic heterocycles. The number of nitrogens with one attached hydrogen (secondary N) is 3. The summed E-state index contributed by atoms with van der Waals surface area (Å²) < 4.78 is 1.20. The van der Waals surface area contributed by atoms with E-state index in [1.165, 1.54) is 16.0 Å². The van der Waals surface area contributed by atoms with Crippen molar-refractivity contribution in [1.82, 2.24) is 15.6 Å². The summed E-state index contributed by atoms with van der Waals surface area (Å²) in [6.45, 7) is 4.06. The molecule has 3 N–H and O–H groups in total. The fourth-order valence-corrected chi connectivity index (χ4v) is 4.56. The third kappa shape index (κ3) is 4.80. The van der Waals surface area contributed by atoms with Gasteiger partial charge in [0.1, 0.15) is 6.04 Å². The Bertz CT molecular complexity index is 728. The van der Waals surface area contributed by atoms with Crippen LogP contribution in [0.25, 0.3) is 10.2 Å². The fourth-order valence-electron chi connectivity index (χ4n) is 3.40. The first kappa shape index (κ1) is 18.8. The van der Waals surface area contributed by atoms with E-state index in [9.17, 15) is 9.59 Å². The molecule has 1 fully saturated rings. The monoisotopic (exact) mass is 375 g/mol. The van der Waals surface area contributed by atoms with Gasteiger partial charge in [-0.25, -0.2) is 4.98 Å². The number of quaternary nitrogens is 1. The number of carbonyl (C=O) groups is 2. The molecule has 0 spiro atoms. The summed E-state index contributed by atoms with van der Waals surface area (Å²) in [6.07, 6.45) is 4.24. The quantitative estimate of drug-likeness (QED) is 0.677. The molecule has 2 aromatic rings. The lowest BCUT2D eigenvalue weighted by Gasteiger charge is -2.30. The highest BCUT2D eigenvalue weighted by molar-refractivity contribution is 7.18. The molecule has 7 heteroatoms. The molecule has 1 aliphatic rings. The van der Waals surface area contributed by atoms with Crippen LogP contribution in [0.15, 0.2) is 24.3 Å². The van der Waals surface area contributed by atoms with Crippen LogP contribution in [0.3, 0.4) is 0 Å². The van der Waals surface area contributed by atoms with E-state index in [2.05, 4.69) is 16.7 Å². The van der Waals surface area contributed by atoms with E-state index in [0.29, 0.717) is 13.1 Å². The lowest BCUT2D eigenvalue weighted by atomic mass is 10.0. The van der Waals surface area contributed by atoms with E-state index < -0.39 is 0 Å². The number of carbonyl (C=O) groups excluding carboxylic acids is 2. The number of benzene rings is 1. The van der Waals surface area contributed by atoms with Gasteiger partial charge in [0.25, 0.3) is 5.91 Å². The number of rotatable bonds is 7. The zero-order valence-corrected chi connectivity index (χ0v) is 16.0. The van der Waals surface area contributed by atoms with Crippen molar-refractivity contribution in [3.8, 4) is 0 Å². The summed E-state index contributed by atoms with van der Waals surface area (Å²) in [6, 6.07) is 8.45. The fraction of sp³-hybridized carbons (Fsp3) is 0.526. The first-order valence-electron chi connectivity index (χ1n) is 9.41. The molecule has 1 aromatic heterocycles. The zero-order valence-electron chi connectivity index (χ0n) is 15.2. The first-order valence-corrected chi connectivity index (χ1v) is 10.2. The summed E-state index contributed by atoms with van der Waals surface area (Å²) in [5.41, 5.74) is 1.04. The van der Waals surface area contributed by atoms with E-state index >= 15 is 0 Å². The maximum absolute atomic E-state index is 12.3. The van der Waals surface area contributed by atoms with Crippen molar-refractivity contribution >= 4 is 33.4 Å². The van der Waals surface area contributed by atoms with Crippen molar-refractivity contribution in [2.45, 2.75) is 38.6 Å². The van der Waals surface area contributed by atoms with E-state index in [4.69, 9.17) is 4.98 Å². The SMILES string of the molecule is CCCNC(=O)CNC(=O)C[NH+]1CCCC[C@@H]1c1nc2ccccc2s1. The van der Waals surface area contributed by atoms with E-state index in [-0.39, 0.29) is 24.4 Å². The third-order valence-electron chi connectivity index (χ3n) is 4.75. The number of hydrogen-bond donors (Lipinski definition) is 3. The average molecular weight is 376 g/mol. The Morgan fingerprint density at radius 2 is 2.08 bits per heavy atom. The van der Waals surface area contributed by atoms with Crippen LogP contribution in [0, 0.1) is 0 Å². The Kier molecular flexibility index (Phi) is 6.57. The van der Waals surface area contributed by atoms with E-state index in [1.807, 2.05) is 25.1 Å². The minimum atomic E-state index is -0.128. The van der Waals surface area contributed by atoms with Crippen LogP contribution in [0.2, 0.25) is 0 Å². The molecule has 0 radical (unpaired) electrons. The maximum Gasteiger partial charge on any atom is 0.275 e. The lowest BCUT2D eigenvalue weighted by molar-refractivity contribution is -0.929. The highest BCUT2D eigenvalue weighted by Gasteiger charge is 2.31. The predicted octanol–water partition coefficient (Wildman–Crippen LogP) is 1.05. The maximum atomic E-state index is 12.3. The number of hydrogen-bond acceptors (Lipinski definition) is 4.